The second-order valence-electron chi connectivity index (χ2n) is 8.52. The van der Waals surface area contributed by atoms with Crippen molar-refractivity contribution < 1.29 is 31.4 Å². The molecule has 5 rings (SSSR count). The smallest absolute Gasteiger partial charge is 0.416 e. The summed E-state index contributed by atoms with van der Waals surface area (Å²) in [6.07, 6.45) is 2.16. The number of imidazole rings is 1. The summed E-state index contributed by atoms with van der Waals surface area (Å²) in [5, 5.41) is 0. The van der Waals surface area contributed by atoms with E-state index in [-0.39, 0.29) is 29.4 Å². The number of nitrogens with zero attached hydrogens (tertiary/aromatic N) is 4. The van der Waals surface area contributed by atoms with E-state index in [0.29, 0.717) is 11.8 Å². The first-order valence-electron chi connectivity index (χ1n) is 11.3. The average Bonchev–Trinajstić information content (AvgIpc) is 3.28. The summed E-state index contributed by atoms with van der Waals surface area (Å²) in [6.45, 7) is 3.01. The van der Waals surface area contributed by atoms with Crippen molar-refractivity contribution in [2.75, 3.05) is 0 Å². The van der Waals surface area contributed by atoms with Crippen LogP contribution in [0.3, 0.4) is 0 Å². The number of benzene rings is 2. The van der Waals surface area contributed by atoms with Gasteiger partial charge in [0.25, 0.3) is 0 Å². The standard InChI is InChI=1S/C27H19F5N4O2/c1-15-5-7-33-12-19(15)23-13-34-26-35-24(6-8-36(23)26)37-14-17-9-21(28)25(22(29)10-17)38-18-4-3-16(2)20(11-18)27(30,31)32/h3-13H,14H2,1-2H3. The van der Waals surface area contributed by atoms with E-state index in [2.05, 4.69) is 15.0 Å². The molecule has 0 aliphatic rings. The number of aryl methyl sites for hydroxylation is 2. The third-order valence-corrected chi connectivity index (χ3v) is 5.85. The minimum absolute atomic E-state index is 0.0381. The van der Waals surface area contributed by atoms with Crippen molar-refractivity contribution >= 4 is 5.78 Å². The van der Waals surface area contributed by atoms with Crippen molar-refractivity contribution in [2.24, 2.45) is 0 Å². The number of pyridine rings is 1. The van der Waals surface area contributed by atoms with Gasteiger partial charge in [-0.3, -0.25) is 9.38 Å². The van der Waals surface area contributed by atoms with Crippen molar-refractivity contribution in [1.29, 1.82) is 0 Å². The number of hydrogen-bond acceptors (Lipinski definition) is 5. The number of hydrogen-bond donors (Lipinski definition) is 0. The van der Waals surface area contributed by atoms with Gasteiger partial charge in [0.2, 0.25) is 11.7 Å². The SMILES string of the molecule is Cc1ccncc1-c1cnc2nc(OCc3cc(F)c(Oc4ccc(C)c(C(F)(F)F)c4)c(F)c3)ccn12. The summed E-state index contributed by atoms with van der Waals surface area (Å²) in [4.78, 5) is 12.8. The van der Waals surface area contributed by atoms with Crippen LogP contribution < -0.4 is 9.47 Å². The molecule has 38 heavy (non-hydrogen) atoms. The van der Waals surface area contributed by atoms with Gasteiger partial charge in [0.1, 0.15) is 12.4 Å². The topological polar surface area (TPSA) is 61.5 Å². The van der Waals surface area contributed by atoms with Crippen LogP contribution in [0.5, 0.6) is 17.4 Å². The molecule has 0 saturated heterocycles. The van der Waals surface area contributed by atoms with E-state index in [9.17, 15) is 22.0 Å². The molecule has 0 aliphatic carbocycles. The molecule has 3 heterocycles. The van der Waals surface area contributed by atoms with Gasteiger partial charge in [-0.05, 0) is 60.9 Å². The molecule has 0 atom stereocenters. The minimum Gasteiger partial charge on any atom is -0.473 e. The van der Waals surface area contributed by atoms with Gasteiger partial charge in [0.15, 0.2) is 17.4 Å². The van der Waals surface area contributed by atoms with E-state index in [4.69, 9.17) is 9.47 Å². The summed E-state index contributed by atoms with van der Waals surface area (Å²) in [7, 11) is 0. The molecule has 0 fully saturated rings. The van der Waals surface area contributed by atoms with Crippen molar-refractivity contribution in [3.05, 3.63) is 101 Å². The first-order chi connectivity index (χ1) is 18.1. The number of rotatable bonds is 6. The molecule has 0 N–H and O–H groups in total. The van der Waals surface area contributed by atoms with E-state index in [1.165, 1.54) is 19.1 Å². The maximum absolute atomic E-state index is 14.7. The lowest BCUT2D eigenvalue weighted by molar-refractivity contribution is -0.138. The Morgan fingerprint density at radius 3 is 2.39 bits per heavy atom. The molecule has 0 radical (unpaired) electrons. The molecule has 11 heteroatoms. The predicted octanol–water partition coefficient (Wildman–Crippen LogP) is 7.08. The average molecular weight is 526 g/mol. The van der Waals surface area contributed by atoms with Crippen molar-refractivity contribution in [3.8, 4) is 28.6 Å². The van der Waals surface area contributed by atoms with Gasteiger partial charge in [-0.2, -0.15) is 18.2 Å². The Bertz CT molecular complexity index is 1630. The lowest BCUT2D eigenvalue weighted by atomic mass is 10.1. The van der Waals surface area contributed by atoms with Crippen LogP contribution in [0.15, 0.2) is 67.3 Å². The molecule has 194 valence electrons. The Hall–Kier alpha value is -4.54. The molecular weight excluding hydrogens is 507 g/mol. The highest BCUT2D eigenvalue weighted by molar-refractivity contribution is 5.65. The van der Waals surface area contributed by atoms with E-state index in [1.807, 2.05) is 13.0 Å². The number of ether oxygens (including phenoxy) is 2. The van der Waals surface area contributed by atoms with Crippen LogP contribution >= 0.6 is 0 Å². The summed E-state index contributed by atoms with van der Waals surface area (Å²) in [5.74, 6) is -2.81. The van der Waals surface area contributed by atoms with Crippen molar-refractivity contribution in [2.45, 2.75) is 26.6 Å². The molecule has 3 aromatic heterocycles. The van der Waals surface area contributed by atoms with Crippen LogP contribution in [0.1, 0.15) is 22.3 Å². The van der Waals surface area contributed by atoms with E-state index in [1.54, 1.807) is 35.3 Å². The highest BCUT2D eigenvalue weighted by Gasteiger charge is 2.33. The van der Waals surface area contributed by atoms with Crippen LogP contribution in [-0.4, -0.2) is 19.4 Å². The van der Waals surface area contributed by atoms with E-state index in [0.717, 1.165) is 29.0 Å². The third kappa shape index (κ3) is 4.99. The maximum atomic E-state index is 14.7. The molecule has 0 unspecified atom stereocenters. The Kier molecular flexibility index (Phi) is 6.43. The Morgan fingerprint density at radius 1 is 0.921 bits per heavy atom. The Balaban J connectivity index is 1.32. The molecule has 0 spiro atoms. The number of aromatic nitrogens is 4. The van der Waals surface area contributed by atoms with Gasteiger partial charge < -0.3 is 9.47 Å². The first kappa shape index (κ1) is 25.1. The maximum Gasteiger partial charge on any atom is 0.416 e. The zero-order chi connectivity index (χ0) is 27.0. The van der Waals surface area contributed by atoms with E-state index < -0.39 is 29.1 Å². The Labute approximate surface area is 213 Å². The highest BCUT2D eigenvalue weighted by atomic mass is 19.4. The fraction of sp³-hybridized carbons (Fsp3) is 0.148. The predicted molar refractivity (Wildman–Crippen MR) is 128 cm³/mol. The summed E-state index contributed by atoms with van der Waals surface area (Å²) in [5.41, 5.74) is 1.84. The molecule has 5 aromatic rings. The molecule has 0 saturated carbocycles. The fourth-order valence-electron chi connectivity index (χ4n) is 3.91. The van der Waals surface area contributed by atoms with Crippen LogP contribution in [0.2, 0.25) is 0 Å². The quantitative estimate of drug-likeness (QED) is 0.221. The van der Waals surface area contributed by atoms with Crippen LogP contribution in [-0.2, 0) is 12.8 Å². The Morgan fingerprint density at radius 2 is 1.68 bits per heavy atom. The second kappa shape index (κ2) is 9.73. The largest absolute Gasteiger partial charge is 0.473 e. The monoisotopic (exact) mass is 526 g/mol. The number of alkyl halides is 3. The first-order valence-corrected chi connectivity index (χ1v) is 11.3. The van der Waals surface area contributed by atoms with E-state index >= 15 is 0 Å². The van der Waals surface area contributed by atoms with Crippen LogP contribution in [0.4, 0.5) is 22.0 Å². The summed E-state index contributed by atoms with van der Waals surface area (Å²) < 4.78 is 81.3. The number of fused-ring (bicyclic) bond motifs is 1. The fourth-order valence-corrected chi connectivity index (χ4v) is 3.91. The lowest BCUT2D eigenvalue weighted by Gasteiger charge is -2.14. The zero-order valence-corrected chi connectivity index (χ0v) is 20.1. The van der Waals surface area contributed by atoms with Crippen LogP contribution in [0.25, 0.3) is 17.0 Å². The third-order valence-electron chi connectivity index (χ3n) is 5.85. The molecule has 0 amide bonds. The molecule has 0 aliphatic heterocycles. The minimum atomic E-state index is -4.63. The van der Waals surface area contributed by atoms with Gasteiger partial charge in [0, 0.05) is 30.2 Å². The molecule has 2 aromatic carbocycles. The van der Waals surface area contributed by atoms with Gasteiger partial charge in [-0.15, -0.1) is 0 Å². The number of halogens is 5. The highest BCUT2D eigenvalue weighted by Crippen LogP contribution is 2.36. The van der Waals surface area contributed by atoms with Gasteiger partial charge in [-0.25, -0.2) is 13.8 Å². The summed E-state index contributed by atoms with van der Waals surface area (Å²) >= 11 is 0. The van der Waals surface area contributed by atoms with Crippen molar-refractivity contribution in [3.63, 3.8) is 0 Å². The van der Waals surface area contributed by atoms with Crippen LogP contribution in [0, 0.1) is 25.5 Å². The van der Waals surface area contributed by atoms with Crippen molar-refractivity contribution in [1.82, 2.24) is 19.4 Å². The normalized spacial score (nSPS) is 11.7. The van der Waals surface area contributed by atoms with Gasteiger partial charge in [-0.1, -0.05) is 6.07 Å². The molecule has 6 nitrogen and oxygen atoms in total. The van der Waals surface area contributed by atoms with Gasteiger partial charge in [0.05, 0.1) is 17.5 Å². The zero-order valence-electron chi connectivity index (χ0n) is 20.1. The van der Waals surface area contributed by atoms with Gasteiger partial charge >= 0.3 is 6.18 Å². The molecule has 0 bridgehead atoms. The second-order valence-corrected chi connectivity index (χ2v) is 8.52. The summed E-state index contributed by atoms with van der Waals surface area (Å²) in [6, 6.07) is 8.51. The lowest BCUT2D eigenvalue weighted by Crippen LogP contribution is -2.07. The molecular formula is C27H19F5N4O2.